The highest BCUT2D eigenvalue weighted by Gasteiger charge is 2.22. The highest BCUT2D eigenvalue weighted by atomic mass is 16.5. The average molecular weight is 242 g/mol. The van der Waals surface area contributed by atoms with Crippen molar-refractivity contribution in [1.82, 2.24) is 10.6 Å². The summed E-state index contributed by atoms with van der Waals surface area (Å²) in [7, 11) is 0. The van der Waals surface area contributed by atoms with Crippen LogP contribution >= 0.6 is 0 Å². The van der Waals surface area contributed by atoms with E-state index in [2.05, 4.69) is 31.4 Å². The van der Waals surface area contributed by atoms with Crippen LogP contribution in [0.25, 0.3) is 0 Å². The Balaban J connectivity index is 2.23. The summed E-state index contributed by atoms with van der Waals surface area (Å²) in [5.41, 5.74) is 0. The molecule has 0 radical (unpaired) electrons. The second-order valence-electron chi connectivity index (χ2n) is 5.43. The maximum atomic E-state index is 11.7. The van der Waals surface area contributed by atoms with Gasteiger partial charge in [0.2, 0.25) is 5.91 Å². The van der Waals surface area contributed by atoms with Gasteiger partial charge in [0.05, 0.1) is 6.10 Å². The Morgan fingerprint density at radius 3 is 2.65 bits per heavy atom. The number of piperidine rings is 1. The maximum absolute atomic E-state index is 11.7. The standard InChI is InChI=1S/C13H26N2O2/c1-9(2)7-15-13(16)11(4)17-12-6-5-10(3)14-8-12/h9-12,14H,5-8H2,1-4H3,(H,15,16). The van der Waals surface area contributed by atoms with E-state index in [0.717, 1.165) is 19.4 Å². The number of amides is 1. The fourth-order valence-corrected chi connectivity index (χ4v) is 1.89. The van der Waals surface area contributed by atoms with Crippen molar-refractivity contribution in [2.75, 3.05) is 13.1 Å². The minimum Gasteiger partial charge on any atom is -0.364 e. The van der Waals surface area contributed by atoms with E-state index in [-0.39, 0.29) is 18.1 Å². The molecule has 1 amide bonds. The quantitative estimate of drug-likeness (QED) is 0.764. The predicted molar refractivity (Wildman–Crippen MR) is 68.9 cm³/mol. The van der Waals surface area contributed by atoms with Crippen molar-refractivity contribution >= 4 is 5.91 Å². The van der Waals surface area contributed by atoms with Gasteiger partial charge in [0, 0.05) is 19.1 Å². The summed E-state index contributed by atoms with van der Waals surface area (Å²) in [6.45, 7) is 9.73. The van der Waals surface area contributed by atoms with Gasteiger partial charge in [0.25, 0.3) is 0 Å². The van der Waals surface area contributed by atoms with Crippen LogP contribution < -0.4 is 10.6 Å². The molecule has 1 saturated heterocycles. The first-order valence-corrected chi connectivity index (χ1v) is 6.65. The summed E-state index contributed by atoms with van der Waals surface area (Å²) >= 11 is 0. The molecule has 2 N–H and O–H groups in total. The lowest BCUT2D eigenvalue weighted by Crippen LogP contribution is -2.45. The minimum atomic E-state index is -0.353. The summed E-state index contributed by atoms with van der Waals surface area (Å²) < 4.78 is 5.76. The van der Waals surface area contributed by atoms with Crippen molar-refractivity contribution in [3.05, 3.63) is 0 Å². The molecule has 0 spiro atoms. The molecule has 1 rings (SSSR count). The van der Waals surface area contributed by atoms with E-state index in [1.807, 2.05) is 6.92 Å². The number of carbonyl (C=O) groups excluding carboxylic acids is 1. The van der Waals surface area contributed by atoms with Gasteiger partial charge in [-0.25, -0.2) is 0 Å². The first-order chi connectivity index (χ1) is 7.99. The van der Waals surface area contributed by atoms with E-state index < -0.39 is 0 Å². The van der Waals surface area contributed by atoms with E-state index in [9.17, 15) is 4.79 Å². The van der Waals surface area contributed by atoms with Gasteiger partial charge < -0.3 is 15.4 Å². The summed E-state index contributed by atoms with van der Waals surface area (Å²) in [5.74, 6) is 0.473. The molecule has 4 heteroatoms. The maximum Gasteiger partial charge on any atom is 0.248 e. The van der Waals surface area contributed by atoms with Crippen molar-refractivity contribution in [2.24, 2.45) is 5.92 Å². The van der Waals surface area contributed by atoms with Gasteiger partial charge in [-0.3, -0.25) is 4.79 Å². The molecule has 1 heterocycles. The molecule has 0 bridgehead atoms. The molecule has 100 valence electrons. The molecule has 17 heavy (non-hydrogen) atoms. The lowest BCUT2D eigenvalue weighted by molar-refractivity contribution is -0.136. The van der Waals surface area contributed by atoms with Crippen molar-refractivity contribution in [3.63, 3.8) is 0 Å². The summed E-state index contributed by atoms with van der Waals surface area (Å²) in [6, 6.07) is 0.569. The highest BCUT2D eigenvalue weighted by molar-refractivity contribution is 5.80. The van der Waals surface area contributed by atoms with Crippen LogP contribution in [0.15, 0.2) is 0 Å². The molecule has 3 unspecified atom stereocenters. The van der Waals surface area contributed by atoms with E-state index >= 15 is 0 Å². The van der Waals surface area contributed by atoms with Crippen LogP contribution in [0.2, 0.25) is 0 Å². The molecule has 1 aliphatic rings. The minimum absolute atomic E-state index is 0.00248. The van der Waals surface area contributed by atoms with Crippen molar-refractivity contribution in [3.8, 4) is 0 Å². The second kappa shape index (κ2) is 6.97. The third-order valence-electron chi connectivity index (χ3n) is 3.07. The van der Waals surface area contributed by atoms with Crippen LogP contribution in [-0.4, -0.2) is 37.2 Å². The molecule has 0 saturated carbocycles. The number of hydrogen-bond acceptors (Lipinski definition) is 3. The molecular formula is C13H26N2O2. The lowest BCUT2D eigenvalue weighted by Gasteiger charge is -2.29. The molecule has 0 aromatic carbocycles. The van der Waals surface area contributed by atoms with Crippen molar-refractivity contribution in [1.29, 1.82) is 0 Å². The predicted octanol–water partition coefficient (Wildman–Crippen LogP) is 1.30. The zero-order chi connectivity index (χ0) is 12.8. The van der Waals surface area contributed by atoms with Gasteiger partial charge in [0.1, 0.15) is 6.10 Å². The van der Waals surface area contributed by atoms with Crippen LogP contribution in [0.3, 0.4) is 0 Å². The second-order valence-corrected chi connectivity index (χ2v) is 5.43. The van der Waals surface area contributed by atoms with Crippen LogP contribution in [0.1, 0.15) is 40.5 Å². The molecular weight excluding hydrogens is 216 g/mol. The zero-order valence-electron chi connectivity index (χ0n) is 11.5. The highest BCUT2D eigenvalue weighted by Crippen LogP contribution is 2.12. The number of nitrogens with one attached hydrogen (secondary N) is 2. The average Bonchev–Trinajstić information content (AvgIpc) is 2.28. The van der Waals surface area contributed by atoms with Gasteiger partial charge in [-0.2, -0.15) is 0 Å². The van der Waals surface area contributed by atoms with Crippen LogP contribution in [0.4, 0.5) is 0 Å². The molecule has 1 fully saturated rings. The van der Waals surface area contributed by atoms with E-state index in [0.29, 0.717) is 18.5 Å². The third kappa shape index (κ3) is 5.50. The Hall–Kier alpha value is -0.610. The van der Waals surface area contributed by atoms with Gasteiger partial charge in [-0.15, -0.1) is 0 Å². The van der Waals surface area contributed by atoms with Gasteiger partial charge in [0.15, 0.2) is 0 Å². The molecule has 0 aromatic heterocycles. The van der Waals surface area contributed by atoms with E-state index in [1.54, 1.807) is 0 Å². The fourth-order valence-electron chi connectivity index (χ4n) is 1.89. The van der Waals surface area contributed by atoms with Gasteiger partial charge >= 0.3 is 0 Å². The number of ether oxygens (including phenoxy) is 1. The number of carbonyl (C=O) groups is 1. The molecule has 3 atom stereocenters. The Bertz CT molecular complexity index is 236. The molecule has 1 aliphatic heterocycles. The first kappa shape index (κ1) is 14.5. The lowest BCUT2D eigenvalue weighted by atomic mass is 10.0. The van der Waals surface area contributed by atoms with Crippen LogP contribution in [0.5, 0.6) is 0 Å². The first-order valence-electron chi connectivity index (χ1n) is 6.65. The summed E-state index contributed by atoms with van der Waals surface area (Å²) in [6.07, 6.45) is 1.97. The van der Waals surface area contributed by atoms with Crippen molar-refractivity contribution < 1.29 is 9.53 Å². The Labute approximate surface area is 104 Å². The van der Waals surface area contributed by atoms with Crippen LogP contribution in [-0.2, 0) is 9.53 Å². The van der Waals surface area contributed by atoms with Gasteiger partial charge in [-0.1, -0.05) is 13.8 Å². The smallest absolute Gasteiger partial charge is 0.248 e. The van der Waals surface area contributed by atoms with Gasteiger partial charge in [-0.05, 0) is 32.6 Å². The van der Waals surface area contributed by atoms with Crippen molar-refractivity contribution in [2.45, 2.75) is 58.8 Å². The zero-order valence-corrected chi connectivity index (χ0v) is 11.5. The SMILES string of the molecule is CC(C)CNC(=O)C(C)OC1CCC(C)NC1. The molecule has 4 nitrogen and oxygen atoms in total. The molecule has 0 aromatic rings. The van der Waals surface area contributed by atoms with E-state index in [1.165, 1.54) is 0 Å². The monoisotopic (exact) mass is 242 g/mol. The number of hydrogen-bond donors (Lipinski definition) is 2. The third-order valence-corrected chi connectivity index (χ3v) is 3.07. The Morgan fingerprint density at radius 1 is 1.41 bits per heavy atom. The van der Waals surface area contributed by atoms with E-state index in [4.69, 9.17) is 4.74 Å². The fraction of sp³-hybridized carbons (Fsp3) is 0.923. The normalized spacial score (nSPS) is 26.9. The summed E-state index contributed by atoms with van der Waals surface area (Å²) in [5, 5.41) is 6.27. The topological polar surface area (TPSA) is 50.4 Å². The summed E-state index contributed by atoms with van der Waals surface area (Å²) in [4.78, 5) is 11.7. The van der Waals surface area contributed by atoms with Crippen LogP contribution in [0, 0.1) is 5.92 Å². The number of rotatable bonds is 5. The Morgan fingerprint density at radius 2 is 2.12 bits per heavy atom. The molecule has 0 aliphatic carbocycles. The Kier molecular flexibility index (Phi) is 5.92. The largest absolute Gasteiger partial charge is 0.364 e.